The van der Waals surface area contributed by atoms with E-state index in [1.165, 1.54) is 6.33 Å². The molecule has 6 heteroatoms. The quantitative estimate of drug-likeness (QED) is 0.914. The fourth-order valence-electron chi connectivity index (χ4n) is 2.72. The first-order chi connectivity index (χ1) is 11.2. The molecule has 6 nitrogen and oxygen atoms in total. The molecule has 1 aromatic carbocycles. The fraction of sp³-hybridized carbons (Fsp3) is 0.353. The fourth-order valence-corrected chi connectivity index (χ4v) is 2.72. The number of benzene rings is 1. The van der Waals surface area contributed by atoms with E-state index >= 15 is 0 Å². The molecule has 2 aromatic rings. The summed E-state index contributed by atoms with van der Waals surface area (Å²) in [7, 11) is 0. The van der Waals surface area contributed by atoms with Crippen molar-refractivity contribution in [2.24, 2.45) is 0 Å². The van der Waals surface area contributed by atoms with Crippen LogP contribution in [0.4, 0.5) is 16.3 Å². The van der Waals surface area contributed by atoms with Crippen LogP contribution in [-0.2, 0) is 0 Å². The first kappa shape index (κ1) is 15.3. The summed E-state index contributed by atoms with van der Waals surface area (Å²) in [6.45, 7) is 3.47. The molecule has 0 aliphatic carbocycles. The van der Waals surface area contributed by atoms with Gasteiger partial charge in [0.2, 0.25) is 0 Å². The predicted octanol–water partition coefficient (Wildman–Crippen LogP) is 2.89. The largest absolute Gasteiger partial charge is 0.367 e. The molecule has 23 heavy (non-hydrogen) atoms. The highest BCUT2D eigenvalue weighted by Gasteiger charge is 2.23. The Morgan fingerprint density at radius 3 is 2.70 bits per heavy atom. The van der Waals surface area contributed by atoms with Crippen LogP contribution in [0.25, 0.3) is 0 Å². The summed E-state index contributed by atoms with van der Waals surface area (Å²) >= 11 is 0. The van der Waals surface area contributed by atoms with Gasteiger partial charge in [-0.3, -0.25) is 0 Å². The number of carbonyl (C=O) groups is 1. The van der Waals surface area contributed by atoms with Gasteiger partial charge in [-0.1, -0.05) is 18.2 Å². The van der Waals surface area contributed by atoms with Crippen LogP contribution in [-0.4, -0.2) is 40.0 Å². The number of hydrogen-bond acceptors (Lipinski definition) is 4. The lowest BCUT2D eigenvalue weighted by Gasteiger charge is -2.32. The minimum absolute atomic E-state index is 0.0280. The summed E-state index contributed by atoms with van der Waals surface area (Å²) in [6.07, 6.45) is 5.07. The molecular formula is C17H21N5O. The van der Waals surface area contributed by atoms with Crippen LogP contribution in [0, 0.1) is 6.92 Å². The van der Waals surface area contributed by atoms with Crippen LogP contribution in [0.5, 0.6) is 0 Å². The lowest BCUT2D eigenvalue weighted by Crippen LogP contribution is -2.44. The van der Waals surface area contributed by atoms with Gasteiger partial charge in [0, 0.05) is 31.0 Å². The van der Waals surface area contributed by atoms with Gasteiger partial charge in [-0.15, -0.1) is 0 Å². The van der Waals surface area contributed by atoms with E-state index in [4.69, 9.17) is 0 Å². The number of urea groups is 1. The predicted molar refractivity (Wildman–Crippen MR) is 90.4 cm³/mol. The molecule has 2 N–H and O–H groups in total. The maximum atomic E-state index is 12.4. The topological polar surface area (TPSA) is 70.2 Å². The lowest BCUT2D eigenvalue weighted by atomic mass is 10.1. The van der Waals surface area contributed by atoms with E-state index in [1.807, 2.05) is 42.2 Å². The van der Waals surface area contributed by atoms with E-state index < -0.39 is 0 Å². The van der Waals surface area contributed by atoms with Crippen molar-refractivity contribution < 1.29 is 4.79 Å². The van der Waals surface area contributed by atoms with Gasteiger partial charge in [-0.25, -0.2) is 14.8 Å². The van der Waals surface area contributed by atoms with Crippen molar-refractivity contribution >= 4 is 17.5 Å². The van der Waals surface area contributed by atoms with E-state index in [0.29, 0.717) is 6.04 Å². The van der Waals surface area contributed by atoms with Gasteiger partial charge in [0.15, 0.2) is 0 Å². The summed E-state index contributed by atoms with van der Waals surface area (Å²) in [4.78, 5) is 22.3. The average Bonchev–Trinajstić information content (AvgIpc) is 2.58. The van der Waals surface area contributed by atoms with E-state index in [9.17, 15) is 4.79 Å². The molecule has 1 aliphatic rings. The van der Waals surface area contributed by atoms with Gasteiger partial charge in [0.25, 0.3) is 0 Å². The molecule has 0 atom stereocenters. The number of piperidine rings is 1. The summed E-state index contributed by atoms with van der Waals surface area (Å²) in [6, 6.07) is 9.99. The third kappa shape index (κ3) is 3.97. The number of carbonyl (C=O) groups excluding carboxylic acids is 1. The Hall–Kier alpha value is -2.63. The highest BCUT2D eigenvalue weighted by atomic mass is 16.2. The molecule has 2 amide bonds. The SMILES string of the molecule is Cc1ccccc1NC(=O)N1CCC(Nc2ccncn2)CC1. The second-order valence-corrected chi connectivity index (χ2v) is 5.75. The Bertz CT molecular complexity index is 653. The molecule has 120 valence electrons. The zero-order chi connectivity index (χ0) is 16.1. The molecule has 1 aliphatic heterocycles. The van der Waals surface area contributed by atoms with Crippen molar-refractivity contribution in [2.75, 3.05) is 23.7 Å². The smallest absolute Gasteiger partial charge is 0.321 e. The molecule has 3 rings (SSSR count). The Morgan fingerprint density at radius 1 is 1.22 bits per heavy atom. The van der Waals surface area contributed by atoms with Crippen LogP contribution in [0.2, 0.25) is 0 Å². The van der Waals surface area contributed by atoms with Crippen molar-refractivity contribution in [1.29, 1.82) is 0 Å². The number of nitrogens with one attached hydrogen (secondary N) is 2. The zero-order valence-electron chi connectivity index (χ0n) is 13.2. The summed E-state index contributed by atoms with van der Waals surface area (Å²) < 4.78 is 0. The van der Waals surface area contributed by atoms with Crippen molar-refractivity contribution in [3.8, 4) is 0 Å². The third-order valence-corrected chi connectivity index (χ3v) is 4.10. The van der Waals surface area contributed by atoms with Gasteiger partial charge in [-0.2, -0.15) is 0 Å². The summed E-state index contributed by atoms with van der Waals surface area (Å²) in [5.74, 6) is 0.836. The number of likely N-dealkylation sites (tertiary alicyclic amines) is 1. The number of anilines is 2. The van der Waals surface area contributed by atoms with Crippen LogP contribution in [0.3, 0.4) is 0 Å². The summed E-state index contributed by atoms with van der Waals surface area (Å²) in [5, 5.41) is 6.38. The van der Waals surface area contributed by atoms with Crippen molar-refractivity contribution in [1.82, 2.24) is 14.9 Å². The molecule has 0 saturated carbocycles. The summed E-state index contributed by atoms with van der Waals surface area (Å²) in [5.41, 5.74) is 1.94. The molecular weight excluding hydrogens is 290 g/mol. The van der Waals surface area contributed by atoms with Crippen molar-refractivity contribution in [2.45, 2.75) is 25.8 Å². The Kier molecular flexibility index (Phi) is 4.71. The highest BCUT2D eigenvalue weighted by molar-refractivity contribution is 5.90. The second-order valence-electron chi connectivity index (χ2n) is 5.75. The second kappa shape index (κ2) is 7.09. The molecule has 1 aromatic heterocycles. The number of para-hydroxylation sites is 1. The molecule has 2 heterocycles. The zero-order valence-corrected chi connectivity index (χ0v) is 13.2. The molecule has 0 unspecified atom stereocenters. The Labute approximate surface area is 135 Å². The number of amides is 2. The minimum Gasteiger partial charge on any atom is -0.367 e. The van der Waals surface area contributed by atoms with Gasteiger partial charge >= 0.3 is 6.03 Å². The molecule has 0 spiro atoms. The van der Waals surface area contributed by atoms with E-state index in [1.54, 1.807) is 6.20 Å². The van der Waals surface area contributed by atoms with Gasteiger partial charge in [-0.05, 0) is 37.5 Å². The van der Waals surface area contributed by atoms with Crippen LogP contribution >= 0.6 is 0 Å². The average molecular weight is 311 g/mol. The van der Waals surface area contributed by atoms with Crippen molar-refractivity contribution in [3.05, 3.63) is 48.4 Å². The maximum absolute atomic E-state index is 12.4. The van der Waals surface area contributed by atoms with Gasteiger partial charge < -0.3 is 15.5 Å². The maximum Gasteiger partial charge on any atom is 0.321 e. The molecule has 0 radical (unpaired) electrons. The Balaban J connectivity index is 1.50. The minimum atomic E-state index is -0.0280. The van der Waals surface area contributed by atoms with Gasteiger partial charge in [0.1, 0.15) is 12.1 Å². The monoisotopic (exact) mass is 311 g/mol. The highest BCUT2D eigenvalue weighted by Crippen LogP contribution is 2.18. The Morgan fingerprint density at radius 2 is 2.00 bits per heavy atom. The lowest BCUT2D eigenvalue weighted by molar-refractivity contribution is 0.197. The standard InChI is InChI=1S/C17H21N5O/c1-13-4-2-3-5-15(13)21-17(23)22-10-7-14(8-11-22)20-16-6-9-18-12-19-16/h2-6,9,12,14H,7-8,10-11H2,1H3,(H,21,23)(H,18,19,20). The van der Waals surface area contributed by atoms with E-state index in [0.717, 1.165) is 43.0 Å². The first-order valence-corrected chi connectivity index (χ1v) is 7.86. The number of hydrogen-bond donors (Lipinski definition) is 2. The first-order valence-electron chi connectivity index (χ1n) is 7.86. The molecule has 0 bridgehead atoms. The van der Waals surface area contributed by atoms with Crippen LogP contribution in [0.1, 0.15) is 18.4 Å². The third-order valence-electron chi connectivity index (χ3n) is 4.10. The van der Waals surface area contributed by atoms with Crippen LogP contribution in [0.15, 0.2) is 42.9 Å². The van der Waals surface area contributed by atoms with E-state index in [2.05, 4.69) is 20.6 Å². The van der Waals surface area contributed by atoms with Crippen molar-refractivity contribution in [3.63, 3.8) is 0 Å². The number of aromatic nitrogens is 2. The van der Waals surface area contributed by atoms with Gasteiger partial charge in [0.05, 0.1) is 0 Å². The van der Waals surface area contributed by atoms with Crippen LogP contribution < -0.4 is 10.6 Å². The number of aryl methyl sites for hydroxylation is 1. The number of rotatable bonds is 3. The molecule has 1 saturated heterocycles. The molecule has 1 fully saturated rings. The number of nitrogens with zero attached hydrogens (tertiary/aromatic N) is 3. The normalized spacial score (nSPS) is 15.3. The van der Waals surface area contributed by atoms with E-state index in [-0.39, 0.29) is 6.03 Å².